The fourth-order valence-electron chi connectivity index (χ4n) is 3.82. The molecular formula is C26H25ClN2O3. The van der Waals surface area contributed by atoms with Crippen molar-refractivity contribution >= 4 is 28.4 Å². The van der Waals surface area contributed by atoms with Gasteiger partial charge in [-0.3, -0.25) is 4.79 Å². The first-order chi connectivity index (χ1) is 15.6. The zero-order valence-corrected chi connectivity index (χ0v) is 18.9. The van der Waals surface area contributed by atoms with E-state index >= 15 is 0 Å². The van der Waals surface area contributed by atoms with Crippen molar-refractivity contribution in [3.8, 4) is 11.5 Å². The van der Waals surface area contributed by atoms with E-state index in [2.05, 4.69) is 22.0 Å². The molecule has 3 aromatic carbocycles. The number of carbonyl (C=O) groups excluding carboxylic acids is 1. The summed E-state index contributed by atoms with van der Waals surface area (Å²) in [5.74, 6) is 1.45. The van der Waals surface area contributed by atoms with Gasteiger partial charge in [-0.2, -0.15) is 0 Å². The number of fused-ring (bicyclic) bond motifs is 1. The van der Waals surface area contributed by atoms with E-state index < -0.39 is 0 Å². The number of hydrogen-bond acceptors (Lipinski definition) is 3. The fourth-order valence-corrected chi connectivity index (χ4v) is 4.02. The first-order valence-corrected chi connectivity index (χ1v) is 10.7. The van der Waals surface area contributed by atoms with Crippen LogP contribution >= 0.6 is 11.6 Å². The molecule has 1 aromatic heterocycles. The molecule has 0 aliphatic rings. The summed E-state index contributed by atoms with van der Waals surface area (Å²) in [7, 11) is 3.28. The van der Waals surface area contributed by atoms with Crippen LogP contribution in [0, 0.1) is 0 Å². The van der Waals surface area contributed by atoms with E-state index in [1.807, 2.05) is 60.8 Å². The van der Waals surface area contributed by atoms with Gasteiger partial charge in [0.1, 0.15) is 11.5 Å². The minimum atomic E-state index is -0.0455. The molecule has 0 saturated carbocycles. The SMILES string of the molecule is COc1cc(Cn2cc(CC(=O)NCc3ccccc3Cl)c3ccccc32)cc(OC)c1. The molecule has 6 heteroatoms. The third-order valence-corrected chi connectivity index (χ3v) is 5.79. The summed E-state index contributed by atoms with van der Waals surface area (Å²) < 4.78 is 13.0. The summed E-state index contributed by atoms with van der Waals surface area (Å²) >= 11 is 6.20. The predicted octanol–water partition coefficient (Wildman–Crippen LogP) is 5.22. The number of hydrogen-bond donors (Lipinski definition) is 1. The Morgan fingerprint density at radius 2 is 1.62 bits per heavy atom. The summed E-state index contributed by atoms with van der Waals surface area (Å²) in [4.78, 5) is 12.7. The van der Waals surface area contributed by atoms with E-state index in [1.54, 1.807) is 14.2 Å². The molecule has 1 amide bonds. The zero-order valence-electron chi connectivity index (χ0n) is 18.1. The van der Waals surface area contributed by atoms with Crippen molar-refractivity contribution in [2.45, 2.75) is 19.5 Å². The average Bonchev–Trinajstić information content (AvgIpc) is 3.15. The zero-order chi connectivity index (χ0) is 22.5. The Labute approximate surface area is 192 Å². The second-order valence-electron chi connectivity index (χ2n) is 7.57. The van der Waals surface area contributed by atoms with E-state index in [0.29, 0.717) is 24.5 Å². The van der Waals surface area contributed by atoms with Gasteiger partial charge in [-0.05, 0) is 41.0 Å². The molecule has 4 rings (SSSR count). The number of para-hydroxylation sites is 1. The Morgan fingerprint density at radius 1 is 0.938 bits per heavy atom. The maximum Gasteiger partial charge on any atom is 0.224 e. The number of aromatic nitrogens is 1. The molecule has 0 atom stereocenters. The quantitative estimate of drug-likeness (QED) is 0.402. The van der Waals surface area contributed by atoms with Gasteiger partial charge < -0.3 is 19.4 Å². The first-order valence-electron chi connectivity index (χ1n) is 10.4. The molecule has 0 aliphatic carbocycles. The Bertz CT molecular complexity index is 1230. The molecule has 0 bridgehead atoms. The highest BCUT2D eigenvalue weighted by molar-refractivity contribution is 6.31. The van der Waals surface area contributed by atoms with Crippen molar-refractivity contribution in [1.29, 1.82) is 0 Å². The van der Waals surface area contributed by atoms with Gasteiger partial charge in [-0.1, -0.05) is 48.0 Å². The second kappa shape index (κ2) is 9.79. The largest absolute Gasteiger partial charge is 0.497 e. The van der Waals surface area contributed by atoms with Crippen molar-refractivity contribution in [2.75, 3.05) is 14.2 Å². The van der Waals surface area contributed by atoms with Crippen molar-refractivity contribution in [3.63, 3.8) is 0 Å². The minimum Gasteiger partial charge on any atom is -0.497 e. The van der Waals surface area contributed by atoms with Gasteiger partial charge in [-0.25, -0.2) is 0 Å². The first kappa shape index (κ1) is 21.8. The average molecular weight is 449 g/mol. The smallest absolute Gasteiger partial charge is 0.224 e. The lowest BCUT2D eigenvalue weighted by Crippen LogP contribution is -2.24. The Hall–Kier alpha value is -3.44. The van der Waals surface area contributed by atoms with Gasteiger partial charge in [0.25, 0.3) is 0 Å². The van der Waals surface area contributed by atoms with Crippen LogP contribution in [0.5, 0.6) is 11.5 Å². The summed E-state index contributed by atoms with van der Waals surface area (Å²) in [6, 6.07) is 21.5. The normalized spacial score (nSPS) is 10.8. The van der Waals surface area contributed by atoms with E-state index in [0.717, 1.165) is 39.1 Å². The van der Waals surface area contributed by atoms with Crippen LogP contribution in [0.15, 0.2) is 72.9 Å². The standard InChI is InChI=1S/C26H25ClN2O3/c1-31-21-11-18(12-22(14-21)32-2)16-29-17-20(23-8-4-6-10-25(23)29)13-26(30)28-15-19-7-3-5-9-24(19)27/h3-12,14,17H,13,15-16H2,1-2H3,(H,28,30). The van der Waals surface area contributed by atoms with Gasteiger partial charge in [0.2, 0.25) is 5.91 Å². The third-order valence-electron chi connectivity index (χ3n) is 5.42. The molecule has 32 heavy (non-hydrogen) atoms. The summed E-state index contributed by atoms with van der Waals surface area (Å²) in [5, 5.41) is 4.69. The van der Waals surface area contributed by atoms with Crippen LogP contribution in [0.25, 0.3) is 10.9 Å². The molecule has 0 radical (unpaired) electrons. The predicted molar refractivity (Wildman–Crippen MR) is 128 cm³/mol. The van der Waals surface area contributed by atoms with Crippen LogP contribution in [0.2, 0.25) is 5.02 Å². The fraction of sp³-hybridized carbons (Fsp3) is 0.192. The van der Waals surface area contributed by atoms with Crippen LogP contribution in [-0.2, 0) is 24.3 Å². The molecule has 5 nitrogen and oxygen atoms in total. The summed E-state index contributed by atoms with van der Waals surface area (Å²) in [6.07, 6.45) is 2.34. The van der Waals surface area contributed by atoms with E-state index in [4.69, 9.17) is 21.1 Å². The Morgan fingerprint density at radius 3 is 2.34 bits per heavy atom. The monoisotopic (exact) mass is 448 g/mol. The molecule has 4 aromatic rings. The number of rotatable bonds is 8. The summed E-state index contributed by atoms with van der Waals surface area (Å²) in [6.45, 7) is 1.04. The summed E-state index contributed by atoms with van der Waals surface area (Å²) in [5.41, 5.74) is 4.00. The highest BCUT2D eigenvalue weighted by Gasteiger charge is 2.13. The van der Waals surface area contributed by atoms with Gasteiger partial charge in [0.15, 0.2) is 0 Å². The molecule has 0 fully saturated rings. The molecule has 0 aliphatic heterocycles. The van der Waals surface area contributed by atoms with E-state index in [1.165, 1.54) is 0 Å². The van der Waals surface area contributed by atoms with Crippen molar-refractivity contribution in [1.82, 2.24) is 9.88 Å². The van der Waals surface area contributed by atoms with Gasteiger partial charge in [-0.15, -0.1) is 0 Å². The maximum absolute atomic E-state index is 12.7. The molecule has 164 valence electrons. The number of ether oxygens (including phenoxy) is 2. The number of carbonyl (C=O) groups is 1. The third kappa shape index (κ3) is 4.89. The molecule has 1 N–H and O–H groups in total. The minimum absolute atomic E-state index is 0.0455. The van der Waals surface area contributed by atoms with Gasteiger partial charge in [0, 0.05) is 41.3 Å². The van der Waals surface area contributed by atoms with Crippen LogP contribution in [0.4, 0.5) is 0 Å². The van der Waals surface area contributed by atoms with E-state index in [9.17, 15) is 4.79 Å². The lowest BCUT2D eigenvalue weighted by Gasteiger charge is -2.10. The molecule has 0 saturated heterocycles. The number of halogens is 1. The van der Waals surface area contributed by atoms with Crippen LogP contribution < -0.4 is 14.8 Å². The Balaban J connectivity index is 1.55. The number of methoxy groups -OCH3 is 2. The van der Waals surface area contributed by atoms with Gasteiger partial charge in [0.05, 0.1) is 20.6 Å². The number of benzene rings is 3. The van der Waals surface area contributed by atoms with Crippen LogP contribution in [-0.4, -0.2) is 24.7 Å². The highest BCUT2D eigenvalue weighted by atomic mass is 35.5. The maximum atomic E-state index is 12.7. The lowest BCUT2D eigenvalue weighted by atomic mass is 10.1. The number of nitrogens with zero attached hydrogens (tertiary/aromatic N) is 1. The lowest BCUT2D eigenvalue weighted by molar-refractivity contribution is -0.120. The molecule has 0 unspecified atom stereocenters. The highest BCUT2D eigenvalue weighted by Crippen LogP contribution is 2.27. The second-order valence-corrected chi connectivity index (χ2v) is 7.97. The van der Waals surface area contributed by atoms with Crippen LogP contribution in [0.3, 0.4) is 0 Å². The van der Waals surface area contributed by atoms with E-state index in [-0.39, 0.29) is 5.91 Å². The van der Waals surface area contributed by atoms with Crippen molar-refractivity contribution < 1.29 is 14.3 Å². The van der Waals surface area contributed by atoms with Crippen LogP contribution in [0.1, 0.15) is 16.7 Å². The number of nitrogens with one attached hydrogen (secondary N) is 1. The molecule has 0 spiro atoms. The topological polar surface area (TPSA) is 52.5 Å². The number of amides is 1. The van der Waals surface area contributed by atoms with Gasteiger partial charge >= 0.3 is 0 Å². The van der Waals surface area contributed by atoms with Crippen molar-refractivity contribution in [3.05, 3.63) is 94.6 Å². The Kier molecular flexibility index (Phi) is 6.66. The van der Waals surface area contributed by atoms with Crippen molar-refractivity contribution in [2.24, 2.45) is 0 Å². The molecule has 1 heterocycles. The molecular weight excluding hydrogens is 424 g/mol.